The smallest absolute Gasteiger partial charge is 0.383 e. The van der Waals surface area contributed by atoms with Gasteiger partial charge in [-0.15, -0.1) is 0 Å². The van der Waals surface area contributed by atoms with Crippen LogP contribution in [-0.4, -0.2) is 191 Å². The maximum absolute atomic E-state index is 11.1. The van der Waals surface area contributed by atoms with E-state index in [0.717, 1.165) is 0 Å². The Balaban J connectivity index is 0.000000327. The van der Waals surface area contributed by atoms with Crippen LogP contribution in [0.25, 0.3) is 0 Å². The molecule has 9 atom stereocenters. The summed E-state index contributed by atoms with van der Waals surface area (Å²) in [4.78, 5) is 74.7. The largest absolute Gasteiger partial charge is 0.505 e. The first-order valence-electron chi connectivity index (χ1n) is 13.2. The summed E-state index contributed by atoms with van der Waals surface area (Å²) in [6, 6.07) is 0. The Morgan fingerprint density at radius 1 is 0.592 bits per heavy atom. The average Bonchev–Trinajstić information content (AvgIpc) is 3.73. The third-order valence-electron chi connectivity index (χ3n) is 6.11. The predicted molar refractivity (Wildman–Crippen MR) is 142 cm³/mol. The van der Waals surface area contributed by atoms with E-state index in [0.29, 0.717) is 0 Å². The van der Waals surface area contributed by atoms with E-state index >= 15 is 0 Å². The van der Waals surface area contributed by atoms with Crippen molar-refractivity contribution in [3.05, 3.63) is 23.2 Å². The van der Waals surface area contributed by atoms with Gasteiger partial charge in [-0.2, -0.15) is 0 Å². The number of carbonyl (C=O) groups is 7. The number of carbonyl (C=O) groups excluding carboxylic acids is 7. The molecular formula is C25H32O24. The monoisotopic (exact) mass is 716 g/mol. The molecule has 24 heteroatoms. The fourth-order valence-corrected chi connectivity index (χ4v) is 3.46. The number of cyclic esters (lactones) is 3. The van der Waals surface area contributed by atoms with Gasteiger partial charge in [0.05, 0.1) is 33.5 Å². The van der Waals surface area contributed by atoms with Crippen molar-refractivity contribution in [3.8, 4) is 0 Å². The number of ether oxygens (including phenoxy) is 5. The maximum Gasteiger partial charge on any atom is 0.383 e. The van der Waals surface area contributed by atoms with Crippen molar-refractivity contribution >= 4 is 41.0 Å². The van der Waals surface area contributed by atoms with Crippen LogP contribution in [0.4, 0.5) is 0 Å². The molecule has 0 saturated carbocycles. The van der Waals surface area contributed by atoms with E-state index in [2.05, 4.69) is 18.9 Å². The number of esters is 3. The Kier molecular flexibility index (Phi) is 16.1. The Morgan fingerprint density at radius 3 is 1.35 bits per heavy atom. The zero-order valence-electron chi connectivity index (χ0n) is 24.8. The molecule has 12 N–H and O–H groups in total. The van der Waals surface area contributed by atoms with Crippen molar-refractivity contribution < 1.29 is 119 Å². The fourth-order valence-electron chi connectivity index (χ4n) is 3.46. The summed E-state index contributed by atoms with van der Waals surface area (Å²) < 4.78 is 22.0. The molecule has 0 radical (unpaired) electrons. The van der Waals surface area contributed by atoms with E-state index in [1.807, 2.05) is 0 Å². The molecule has 0 spiro atoms. The molecular weight excluding hydrogens is 684 g/mol. The molecule has 24 nitrogen and oxygen atoms in total. The van der Waals surface area contributed by atoms with Gasteiger partial charge in [-0.3, -0.25) is 19.2 Å². The minimum atomic E-state index is -1.82. The average molecular weight is 717 g/mol. The molecule has 2 saturated heterocycles. The van der Waals surface area contributed by atoms with Crippen LogP contribution in [0.1, 0.15) is 0 Å². The van der Waals surface area contributed by atoms with Crippen LogP contribution in [0.15, 0.2) is 23.2 Å². The summed E-state index contributed by atoms with van der Waals surface area (Å²) in [5, 5.41) is 105. The highest BCUT2D eigenvalue weighted by Gasteiger charge is 2.47. The molecule has 49 heavy (non-hydrogen) atoms. The zero-order chi connectivity index (χ0) is 37.9. The Bertz CT molecular complexity index is 1320. The van der Waals surface area contributed by atoms with E-state index < -0.39 is 140 Å². The predicted octanol–water partition coefficient (Wildman–Crippen LogP) is -8.13. The quantitative estimate of drug-likeness (QED) is 0.0456. The summed E-state index contributed by atoms with van der Waals surface area (Å²) >= 11 is 0. The number of methoxy groups -OCH3 is 1. The molecule has 2 fully saturated rings. The lowest BCUT2D eigenvalue weighted by atomic mass is 10.1. The van der Waals surface area contributed by atoms with Gasteiger partial charge in [-0.25, -0.2) is 14.4 Å². The second kappa shape index (κ2) is 18.7. The third-order valence-corrected chi connectivity index (χ3v) is 6.11. The van der Waals surface area contributed by atoms with Gasteiger partial charge in [-0.1, -0.05) is 0 Å². The van der Waals surface area contributed by atoms with Crippen LogP contribution in [0.3, 0.4) is 0 Å². The van der Waals surface area contributed by atoms with Gasteiger partial charge in [-0.05, 0) is 0 Å². The number of Topliss-reactive ketones (excluding diaryl/α,β-unsaturated/α-hetero) is 4. The minimum absolute atomic E-state index is 0.331. The first-order chi connectivity index (χ1) is 22.8. The van der Waals surface area contributed by atoms with Crippen molar-refractivity contribution in [1.29, 1.82) is 0 Å². The first kappa shape index (κ1) is 42.2. The molecule has 4 aliphatic rings. The van der Waals surface area contributed by atoms with Gasteiger partial charge in [0.25, 0.3) is 5.78 Å². The zero-order valence-corrected chi connectivity index (χ0v) is 24.8. The lowest BCUT2D eigenvalue weighted by molar-refractivity contribution is -0.152. The van der Waals surface area contributed by atoms with Gasteiger partial charge in [0.2, 0.25) is 29.2 Å². The molecule has 276 valence electrons. The van der Waals surface area contributed by atoms with Gasteiger partial charge in [0.15, 0.2) is 30.2 Å². The molecule has 4 aliphatic heterocycles. The standard InChI is InChI=1S/C7H10O6.2C6H8O6.C6H6O6/c1-12-7-5(11)4(10)6(13-7)3(9)2-8;3*7-1-2(8)5-3(9)4(10)6(11)12-5/h3,6,8-9,11H,2H2,1H3;2,5,7-10H,1H2;2,4-5,7-8,10H,1H2;2,5,7-8H,1H2. The molecule has 4 heterocycles. The summed E-state index contributed by atoms with van der Waals surface area (Å²) in [7, 11) is 1.21. The van der Waals surface area contributed by atoms with Gasteiger partial charge < -0.3 is 85.0 Å². The number of rotatable bonds is 9. The number of hydrogen-bond acceptors (Lipinski definition) is 24. The molecule has 0 aromatic carbocycles. The number of aliphatic hydroxyl groups is 12. The van der Waals surface area contributed by atoms with E-state index in [-0.39, 0.29) is 5.95 Å². The van der Waals surface area contributed by atoms with Crippen LogP contribution >= 0.6 is 0 Å². The maximum atomic E-state index is 11.1. The van der Waals surface area contributed by atoms with Crippen molar-refractivity contribution in [3.63, 3.8) is 0 Å². The molecule has 0 aliphatic carbocycles. The highest BCUT2D eigenvalue weighted by Crippen LogP contribution is 2.23. The first-order valence-corrected chi connectivity index (χ1v) is 13.2. The van der Waals surface area contributed by atoms with E-state index in [1.165, 1.54) is 7.11 Å². The fraction of sp³-hybridized carbons (Fsp3) is 0.560. The number of ketones is 4. The Hall–Kier alpha value is -4.79. The van der Waals surface area contributed by atoms with Crippen LogP contribution in [-0.2, 0) is 57.2 Å². The molecule has 9 unspecified atom stereocenters. The van der Waals surface area contributed by atoms with E-state index in [9.17, 15) is 33.6 Å². The normalized spacial score (nSPS) is 27.0. The van der Waals surface area contributed by atoms with Crippen molar-refractivity contribution in [2.24, 2.45) is 0 Å². The van der Waals surface area contributed by atoms with Gasteiger partial charge in [0.1, 0.15) is 24.4 Å². The van der Waals surface area contributed by atoms with Crippen LogP contribution < -0.4 is 0 Å². The van der Waals surface area contributed by atoms with Crippen molar-refractivity contribution in [1.82, 2.24) is 0 Å². The molecule has 4 rings (SSSR count). The van der Waals surface area contributed by atoms with Crippen molar-refractivity contribution in [2.45, 2.75) is 54.9 Å². The van der Waals surface area contributed by atoms with E-state index in [4.69, 9.17) is 66.0 Å². The van der Waals surface area contributed by atoms with Gasteiger partial charge >= 0.3 is 29.6 Å². The summed E-state index contributed by atoms with van der Waals surface area (Å²) in [5.74, 6) is -10.2. The Morgan fingerprint density at radius 2 is 1.02 bits per heavy atom. The number of hydrogen-bond donors (Lipinski definition) is 12. The van der Waals surface area contributed by atoms with E-state index in [1.54, 1.807) is 0 Å². The number of aliphatic hydroxyl groups excluding tert-OH is 12. The SMILES string of the molecule is COC1=C(O)C(=O)C(C(O)CO)O1.O=C1OC(C(O)CO)C(=O)C1=O.O=C1OC(C(O)CO)C(=O)C1O.O=C1OC(C(O)CO)C(O)=C1O. The van der Waals surface area contributed by atoms with Crippen LogP contribution in [0, 0.1) is 0 Å². The summed E-state index contributed by atoms with van der Waals surface area (Å²) in [6.45, 7) is -2.73. The molecule has 0 aromatic rings. The second-order valence-corrected chi connectivity index (χ2v) is 9.48. The third kappa shape index (κ3) is 10.1. The highest BCUT2D eigenvalue weighted by atomic mass is 16.7. The Labute approximate surface area is 271 Å². The summed E-state index contributed by atoms with van der Waals surface area (Å²) in [5.41, 5.74) is 0. The lowest BCUT2D eigenvalue weighted by Gasteiger charge is -2.14. The van der Waals surface area contributed by atoms with Crippen LogP contribution in [0.5, 0.6) is 0 Å². The topological polar surface area (TPSA) is 408 Å². The second-order valence-electron chi connectivity index (χ2n) is 9.48. The molecule has 0 bridgehead atoms. The lowest BCUT2D eigenvalue weighted by Crippen LogP contribution is -2.36. The summed E-state index contributed by atoms with van der Waals surface area (Å²) in [6.07, 6.45) is -13.2. The molecule has 0 aromatic heterocycles. The van der Waals surface area contributed by atoms with Crippen molar-refractivity contribution in [2.75, 3.05) is 33.5 Å². The highest BCUT2D eigenvalue weighted by molar-refractivity contribution is 6.65. The van der Waals surface area contributed by atoms with Crippen LogP contribution in [0.2, 0.25) is 0 Å². The molecule has 0 amide bonds. The minimum Gasteiger partial charge on any atom is -0.505 e. The van der Waals surface area contributed by atoms with Gasteiger partial charge in [0, 0.05) is 0 Å².